The van der Waals surface area contributed by atoms with Crippen LogP contribution in [-0.2, 0) is 11.2 Å². The summed E-state index contributed by atoms with van der Waals surface area (Å²) in [4.78, 5) is 10.6. The molecule has 22 heavy (non-hydrogen) atoms. The maximum Gasteiger partial charge on any atom is 0.307 e. The van der Waals surface area contributed by atoms with Gasteiger partial charge in [-0.3, -0.25) is 4.79 Å². The van der Waals surface area contributed by atoms with E-state index in [9.17, 15) is 4.79 Å². The number of rotatable bonds is 3. The third kappa shape index (κ3) is 8.96. The van der Waals surface area contributed by atoms with Gasteiger partial charge in [-0.25, -0.2) is 0 Å². The van der Waals surface area contributed by atoms with Crippen LogP contribution in [0.25, 0.3) is 11.1 Å². The Morgan fingerprint density at radius 3 is 1.91 bits per heavy atom. The van der Waals surface area contributed by atoms with Gasteiger partial charge in [0.25, 0.3) is 0 Å². The van der Waals surface area contributed by atoms with Crippen LogP contribution in [0.5, 0.6) is 0 Å². The van der Waals surface area contributed by atoms with Crippen molar-refractivity contribution in [1.29, 1.82) is 0 Å². The fraction of sp³-hybridized carbons (Fsp3) is 0.350. The SMILES string of the molecule is CC.CC(C)C.O=C(O)Cc1cccc(-c2ccccc2)c1. The van der Waals surface area contributed by atoms with Crippen LogP contribution in [-0.4, -0.2) is 11.1 Å². The van der Waals surface area contributed by atoms with Crippen molar-refractivity contribution in [1.82, 2.24) is 0 Å². The van der Waals surface area contributed by atoms with Crippen LogP contribution in [0, 0.1) is 5.92 Å². The molecule has 0 fully saturated rings. The van der Waals surface area contributed by atoms with Crippen LogP contribution < -0.4 is 0 Å². The molecule has 0 radical (unpaired) electrons. The van der Waals surface area contributed by atoms with Crippen LogP contribution in [0.3, 0.4) is 0 Å². The highest BCUT2D eigenvalue weighted by atomic mass is 16.4. The van der Waals surface area contributed by atoms with Crippen molar-refractivity contribution in [2.45, 2.75) is 41.0 Å². The minimum atomic E-state index is -0.801. The molecule has 0 aromatic heterocycles. The average Bonchev–Trinajstić information content (AvgIpc) is 2.49. The Morgan fingerprint density at radius 1 is 0.909 bits per heavy atom. The van der Waals surface area contributed by atoms with Gasteiger partial charge in [-0.2, -0.15) is 0 Å². The monoisotopic (exact) mass is 300 g/mol. The highest BCUT2D eigenvalue weighted by Crippen LogP contribution is 2.20. The Balaban J connectivity index is 0.000000640. The van der Waals surface area contributed by atoms with Crippen molar-refractivity contribution in [2.24, 2.45) is 5.92 Å². The van der Waals surface area contributed by atoms with Crippen LogP contribution in [0.1, 0.15) is 40.2 Å². The molecule has 2 nitrogen and oxygen atoms in total. The number of benzene rings is 2. The lowest BCUT2D eigenvalue weighted by molar-refractivity contribution is -0.136. The van der Waals surface area contributed by atoms with Crippen LogP contribution in [0.4, 0.5) is 0 Å². The summed E-state index contributed by atoms with van der Waals surface area (Å²) in [5.41, 5.74) is 2.99. The fourth-order valence-electron chi connectivity index (χ4n) is 1.67. The summed E-state index contributed by atoms with van der Waals surface area (Å²) in [6.45, 7) is 10.5. The topological polar surface area (TPSA) is 37.3 Å². The Hall–Kier alpha value is -2.09. The van der Waals surface area contributed by atoms with Gasteiger partial charge in [0, 0.05) is 0 Å². The largest absolute Gasteiger partial charge is 0.481 e. The molecule has 2 heteroatoms. The predicted molar refractivity (Wildman–Crippen MR) is 95.1 cm³/mol. The highest BCUT2D eigenvalue weighted by Gasteiger charge is 2.02. The lowest BCUT2D eigenvalue weighted by Gasteiger charge is -2.03. The summed E-state index contributed by atoms with van der Waals surface area (Å²) in [6, 6.07) is 17.6. The maximum atomic E-state index is 10.6. The Labute approximate surface area is 134 Å². The summed E-state index contributed by atoms with van der Waals surface area (Å²) in [7, 11) is 0. The Bertz CT molecular complexity index is 528. The molecule has 0 saturated heterocycles. The molecule has 0 aliphatic heterocycles. The van der Waals surface area contributed by atoms with E-state index in [1.165, 1.54) is 0 Å². The van der Waals surface area contributed by atoms with Crippen molar-refractivity contribution >= 4 is 5.97 Å². The standard InChI is InChI=1S/C14H12O2.C4H10.C2H6/c15-14(16)10-11-5-4-8-13(9-11)12-6-2-1-3-7-12;1-4(2)3;1-2/h1-9H,10H2,(H,15,16);4H,1-3H3;1-2H3. The van der Waals surface area contributed by atoms with E-state index < -0.39 is 5.97 Å². The first kappa shape index (κ1) is 19.9. The van der Waals surface area contributed by atoms with Crippen LogP contribution in [0.15, 0.2) is 54.6 Å². The second kappa shape index (κ2) is 11.6. The van der Waals surface area contributed by atoms with Gasteiger partial charge in [-0.1, -0.05) is 89.2 Å². The summed E-state index contributed by atoms with van der Waals surface area (Å²) >= 11 is 0. The van der Waals surface area contributed by atoms with E-state index >= 15 is 0 Å². The Morgan fingerprint density at radius 2 is 1.41 bits per heavy atom. The molecule has 0 atom stereocenters. The molecular weight excluding hydrogens is 272 g/mol. The molecule has 0 aliphatic carbocycles. The van der Waals surface area contributed by atoms with E-state index in [0.29, 0.717) is 0 Å². The molecule has 2 rings (SSSR count). The molecule has 120 valence electrons. The van der Waals surface area contributed by atoms with Crippen molar-refractivity contribution in [3.8, 4) is 11.1 Å². The third-order valence-corrected chi connectivity index (χ3v) is 2.39. The van der Waals surface area contributed by atoms with Gasteiger partial charge in [0.1, 0.15) is 0 Å². The van der Waals surface area contributed by atoms with Gasteiger partial charge < -0.3 is 5.11 Å². The van der Waals surface area contributed by atoms with E-state index in [1.807, 2.05) is 68.4 Å². The third-order valence-electron chi connectivity index (χ3n) is 2.39. The van der Waals surface area contributed by atoms with Crippen LogP contribution >= 0.6 is 0 Å². The van der Waals surface area contributed by atoms with Gasteiger partial charge >= 0.3 is 5.97 Å². The quantitative estimate of drug-likeness (QED) is 0.793. The van der Waals surface area contributed by atoms with E-state index in [-0.39, 0.29) is 6.42 Å². The maximum absolute atomic E-state index is 10.6. The minimum absolute atomic E-state index is 0.0701. The molecule has 2 aromatic carbocycles. The number of hydrogen-bond donors (Lipinski definition) is 1. The summed E-state index contributed by atoms with van der Waals surface area (Å²) in [5, 5.41) is 8.73. The first-order valence-corrected chi connectivity index (χ1v) is 7.85. The van der Waals surface area contributed by atoms with E-state index in [1.54, 1.807) is 0 Å². The number of carboxylic acid groups (broad SMARTS) is 1. The zero-order valence-corrected chi connectivity index (χ0v) is 14.3. The van der Waals surface area contributed by atoms with Crippen LogP contribution in [0.2, 0.25) is 0 Å². The molecule has 0 aliphatic rings. The summed E-state index contributed by atoms with van der Waals surface area (Å²) in [6.07, 6.45) is 0.0701. The smallest absolute Gasteiger partial charge is 0.307 e. The average molecular weight is 300 g/mol. The van der Waals surface area contributed by atoms with Gasteiger partial charge in [0.2, 0.25) is 0 Å². The first-order chi connectivity index (χ1) is 10.5. The zero-order chi connectivity index (χ0) is 17.0. The van der Waals surface area contributed by atoms with Gasteiger partial charge in [-0.15, -0.1) is 0 Å². The minimum Gasteiger partial charge on any atom is -0.481 e. The number of hydrogen-bond acceptors (Lipinski definition) is 1. The molecule has 0 spiro atoms. The van der Waals surface area contributed by atoms with E-state index in [4.69, 9.17) is 5.11 Å². The van der Waals surface area contributed by atoms with Crippen molar-refractivity contribution < 1.29 is 9.90 Å². The Kier molecular flexibility index (Phi) is 10.5. The molecule has 1 N–H and O–H groups in total. The molecular formula is C20H28O2. The molecule has 0 bridgehead atoms. The van der Waals surface area contributed by atoms with Gasteiger partial charge in [0.15, 0.2) is 0 Å². The van der Waals surface area contributed by atoms with Crippen molar-refractivity contribution in [3.63, 3.8) is 0 Å². The lowest BCUT2D eigenvalue weighted by atomic mass is 10.0. The first-order valence-electron chi connectivity index (χ1n) is 7.85. The number of carbonyl (C=O) groups is 1. The van der Waals surface area contributed by atoms with Gasteiger partial charge in [-0.05, 0) is 22.6 Å². The molecule has 0 unspecified atom stereocenters. The lowest BCUT2D eigenvalue weighted by Crippen LogP contribution is -1.99. The number of carboxylic acids is 1. The highest BCUT2D eigenvalue weighted by molar-refractivity contribution is 5.72. The normalized spacial score (nSPS) is 9.18. The zero-order valence-electron chi connectivity index (χ0n) is 14.3. The van der Waals surface area contributed by atoms with Crippen molar-refractivity contribution in [3.05, 3.63) is 60.2 Å². The fourth-order valence-corrected chi connectivity index (χ4v) is 1.67. The van der Waals surface area contributed by atoms with E-state index in [0.717, 1.165) is 22.6 Å². The number of aliphatic carboxylic acids is 1. The van der Waals surface area contributed by atoms with Gasteiger partial charge in [0.05, 0.1) is 6.42 Å². The predicted octanol–water partition coefficient (Wildman–Crippen LogP) is 5.67. The molecule has 2 aromatic rings. The second-order valence-electron chi connectivity index (χ2n) is 5.37. The summed E-state index contributed by atoms with van der Waals surface area (Å²) < 4.78 is 0. The van der Waals surface area contributed by atoms with Crippen molar-refractivity contribution in [2.75, 3.05) is 0 Å². The molecule has 0 heterocycles. The summed E-state index contributed by atoms with van der Waals surface area (Å²) in [5.74, 6) is 0.0326. The molecule has 0 amide bonds. The molecule has 0 saturated carbocycles. The second-order valence-corrected chi connectivity index (χ2v) is 5.37. The van der Waals surface area contributed by atoms with E-state index in [2.05, 4.69) is 20.8 Å².